The third kappa shape index (κ3) is 3.23. The molecule has 20 heavy (non-hydrogen) atoms. The largest absolute Gasteiger partial charge is 0.496 e. The first-order valence-electron chi connectivity index (χ1n) is 6.85. The molecule has 1 heterocycles. The van der Waals surface area contributed by atoms with Gasteiger partial charge in [0, 0.05) is 7.05 Å². The molecule has 0 amide bonds. The first kappa shape index (κ1) is 15.1. The summed E-state index contributed by atoms with van der Waals surface area (Å²) in [6.45, 7) is 4.39. The minimum atomic E-state index is 0.466. The molecule has 2 aromatic rings. The van der Waals surface area contributed by atoms with Gasteiger partial charge in [-0.15, -0.1) is 0 Å². The fraction of sp³-hybridized carbons (Fsp3) is 0.438. The number of rotatable bonds is 5. The molecule has 2 rings (SSSR count). The van der Waals surface area contributed by atoms with Crippen molar-refractivity contribution in [3.63, 3.8) is 0 Å². The number of aryl methyl sites for hydroxylation is 2. The smallest absolute Gasteiger partial charge is 0.127 e. The van der Waals surface area contributed by atoms with E-state index in [0.29, 0.717) is 5.92 Å². The van der Waals surface area contributed by atoms with Crippen LogP contribution in [0.5, 0.6) is 5.75 Å². The second-order valence-corrected chi connectivity index (χ2v) is 6.08. The van der Waals surface area contributed by atoms with Crippen LogP contribution in [0.15, 0.2) is 29.1 Å². The second kappa shape index (κ2) is 6.44. The summed E-state index contributed by atoms with van der Waals surface area (Å²) in [6.07, 6.45) is 3.82. The van der Waals surface area contributed by atoms with Gasteiger partial charge in [-0.25, -0.2) is 4.98 Å². The third-order valence-electron chi connectivity index (χ3n) is 3.57. The van der Waals surface area contributed by atoms with Gasteiger partial charge in [-0.05, 0) is 51.9 Å². The van der Waals surface area contributed by atoms with Crippen LogP contribution in [0.1, 0.15) is 36.6 Å². The molecule has 0 N–H and O–H groups in total. The van der Waals surface area contributed by atoms with Crippen molar-refractivity contribution in [3.8, 4) is 5.75 Å². The van der Waals surface area contributed by atoms with E-state index in [1.165, 1.54) is 16.8 Å². The number of nitrogens with zero attached hydrogens (tertiary/aromatic N) is 2. The molecule has 0 atom stereocenters. The molecule has 0 unspecified atom stereocenters. The zero-order chi connectivity index (χ0) is 14.7. The number of methoxy groups -OCH3 is 1. The highest BCUT2D eigenvalue weighted by Crippen LogP contribution is 2.28. The lowest BCUT2D eigenvalue weighted by Gasteiger charge is -2.13. The van der Waals surface area contributed by atoms with Gasteiger partial charge >= 0.3 is 0 Å². The topological polar surface area (TPSA) is 27.1 Å². The van der Waals surface area contributed by atoms with Crippen molar-refractivity contribution in [2.75, 3.05) is 7.11 Å². The van der Waals surface area contributed by atoms with E-state index in [2.05, 4.69) is 57.5 Å². The van der Waals surface area contributed by atoms with E-state index >= 15 is 0 Å². The quantitative estimate of drug-likeness (QED) is 0.821. The van der Waals surface area contributed by atoms with Gasteiger partial charge in [-0.2, -0.15) is 0 Å². The normalized spacial score (nSPS) is 11.1. The highest BCUT2D eigenvalue weighted by atomic mass is 79.9. The summed E-state index contributed by atoms with van der Waals surface area (Å²) >= 11 is 3.50. The second-order valence-electron chi connectivity index (χ2n) is 5.32. The van der Waals surface area contributed by atoms with Gasteiger partial charge in [0.25, 0.3) is 0 Å². The Kier molecular flexibility index (Phi) is 4.86. The Morgan fingerprint density at radius 1 is 1.30 bits per heavy atom. The molecular weight excluding hydrogens is 316 g/mol. The molecule has 1 aromatic heterocycles. The highest BCUT2D eigenvalue weighted by Gasteiger charge is 2.10. The van der Waals surface area contributed by atoms with Crippen LogP contribution in [0.25, 0.3) is 0 Å². The summed E-state index contributed by atoms with van der Waals surface area (Å²) in [4.78, 5) is 4.26. The van der Waals surface area contributed by atoms with Crippen LogP contribution >= 0.6 is 15.9 Å². The number of benzene rings is 1. The van der Waals surface area contributed by atoms with E-state index < -0.39 is 0 Å². The molecule has 4 heteroatoms. The number of hydrogen-bond donors (Lipinski definition) is 0. The fourth-order valence-corrected chi connectivity index (χ4v) is 2.93. The summed E-state index contributed by atoms with van der Waals surface area (Å²) in [5, 5.41) is 0. The number of ether oxygens (including phenoxy) is 1. The van der Waals surface area contributed by atoms with Gasteiger partial charge in [0.15, 0.2) is 0 Å². The van der Waals surface area contributed by atoms with Crippen molar-refractivity contribution in [1.29, 1.82) is 0 Å². The maximum absolute atomic E-state index is 5.43. The van der Waals surface area contributed by atoms with Crippen molar-refractivity contribution in [2.24, 2.45) is 7.05 Å². The van der Waals surface area contributed by atoms with E-state index in [1.54, 1.807) is 7.11 Å². The monoisotopic (exact) mass is 336 g/mol. The molecular formula is C16H21BrN2O. The van der Waals surface area contributed by atoms with Crippen molar-refractivity contribution < 1.29 is 4.74 Å². The van der Waals surface area contributed by atoms with E-state index in [9.17, 15) is 0 Å². The Bertz CT molecular complexity index is 571. The van der Waals surface area contributed by atoms with E-state index in [0.717, 1.165) is 23.2 Å². The van der Waals surface area contributed by atoms with Gasteiger partial charge in [0.1, 0.15) is 10.4 Å². The highest BCUT2D eigenvalue weighted by molar-refractivity contribution is 9.10. The summed E-state index contributed by atoms with van der Waals surface area (Å²) in [5.41, 5.74) is 3.84. The number of imidazole rings is 1. The van der Waals surface area contributed by atoms with Gasteiger partial charge in [-0.3, -0.25) is 0 Å². The Balaban J connectivity index is 2.16. The first-order valence-corrected chi connectivity index (χ1v) is 7.64. The molecule has 108 valence electrons. The molecule has 0 radical (unpaired) electrons. The zero-order valence-electron chi connectivity index (χ0n) is 12.5. The van der Waals surface area contributed by atoms with Crippen LogP contribution in [0, 0.1) is 0 Å². The maximum atomic E-state index is 5.43. The van der Waals surface area contributed by atoms with Crippen molar-refractivity contribution >= 4 is 15.9 Å². The van der Waals surface area contributed by atoms with Crippen molar-refractivity contribution in [3.05, 3.63) is 46.0 Å². The van der Waals surface area contributed by atoms with Gasteiger partial charge < -0.3 is 9.30 Å². The molecule has 0 aliphatic rings. The van der Waals surface area contributed by atoms with Crippen LogP contribution in [0.4, 0.5) is 0 Å². The molecule has 0 spiro atoms. The molecule has 1 aromatic carbocycles. The van der Waals surface area contributed by atoms with Gasteiger partial charge in [-0.1, -0.05) is 26.0 Å². The molecule has 0 aliphatic heterocycles. The van der Waals surface area contributed by atoms with E-state index in [1.807, 2.05) is 13.4 Å². The summed E-state index contributed by atoms with van der Waals surface area (Å²) < 4.78 is 8.44. The standard InChI is InChI=1S/C16H21BrN2O/c1-11(2)13-9-12(6-8-15(13)20-4)5-7-14-16(17)18-10-19(14)3/h6,8-11H,5,7H2,1-4H3. The SMILES string of the molecule is COc1ccc(CCc2c(Br)ncn2C)cc1C(C)C. The maximum Gasteiger partial charge on any atom is 0.127 e. The summed E-state index contributed by atoms with van der Waals surface area (Å²) in [5.74, 6) is 1.44. The summed E-state index contributed by atoms with van der Waals surface area (Å²) in [6, 6.07) is 6.48. The van der Waals surface area contributed by atoms with Gasteiger partial charge in [0.2, 0.25) is 0 Å². The third-order valence-corrected chi connectivity index (χ3v) is 4.24. The minimum absolute atomic E-state index is 0.466. The zero-order valence-corrected chi connectivity index (χ0v) is 14.1. The van der Waals surface area contributed by atoms with Crippen molar-refractivity contribution in [2.45, 2.75) is 32.6 Å². The molecule has 0 saturated heterocycles. The first-order chi connectivity index (χ1) is 9.52. The average molecular weight is 337 g/mol. The lowest BCUT2D eigenvalue weighted by Crippen LogP contribution is -2.01. The lowest BCUT2D eigenvalue weighted by atomic mass is 9.97. The van der Waals surface area contributed by atoms with Crippen LogP contribution in [0.3, 0.4) is 0 Å². The number of hydrogen-bond acceptors (Lipinski definition) is 2. The fourth-order valence-electron chi connectivity index (χ4n) is 2.36. The predicted molar refractivity (Wildman–Crippen MR) is 85.4 cm³/mol. The minimum Gasteiger partial charge on any atom is -0.496 e. The molecule has 0 saturated carbocycles. The van der Waals surface area contributed by atoms with Crippen LogP contribution in [-0.4, -0.2) is 16.7 Å². The number of halogens is 1. The molecule has 0 fully saturated rings. The van der Waals surface area contributed by atoms with Crippen LogP contribution in [-0.2, 0) is 19.9 Å². The van der Waals surface area contributed by atoms with Crippen LogP contribution < -0.4 is 4.74 Å². The number of aromatic nitrogens is 2. The van der Waals surface area contributed by atoms with Crippen LogP contribution in [0.2, 0.25) is 0 Å². The van der Waals surface area contributed by atoms with Gasteiger partial charge in [0.05, 0.1) is 19.1 Å². The Labute approximate surface area is 129 Å². The van der Waals surface area contributed by atoms with Crippen molar-refractivity contribution in [1.82, 2.24) is 9.55 Å². The predicted octanol–water partition coefficient (Wildman–Crippen LogP) is 4.10. The molecule has 3 nitrogen and oxygen atoms in total. The Hall–Kier alpha value is -1.29. The molecule has 0 aliphatic carbocycles. The summed E-state index contributed by atoms with van der Waals surface area (Å²) in [7, 11) is 3.76. The van der Waals surface area contributed by atoms with E-state index in [4.69, 9.17) is 4.74 Å². The van der Waals surface area contributed by atoms with E-state index in [-0.39, 0.29) is 0 Å². The lowest BCUT2D eigenvalue weighted by molar-refractivity contribution is 0.407. The average Bonchev–Trinajstić information content (AvgIpc) is 2.75. The molecule has 0 bridgehead atoms. The Morgan fingerprint density at radius 2 is 2.05 bits per heavy atom. The Morgan fingerprint density at radius 3 is 2.60 bits per heavy atom.